The fourth-order valence-electron chi connectivity index (χ4n) is 5.52. The first-order chi connectivity index (χ1) is 14.3. The van der Waals surface area contributed by atoms with Crippen molar-refractivity contribution < 1.29 is 19.7 Å². The number of carboxylic acid groups (broad SMARTS) is 1. The fourth-order valence-corrected chi connectivity index (χ4v) is 5.52. The number of rotatable bonds is 3. The Labute approximate surface area is 178 Å². The molecular weight excluding hydrogens is 376 g/mol. The largest absolute Gasteiger partial charge is 0.508 e. The van der Waals surface area contributed by atoms with Crippen LogP contribution in [0.5, 0.6) is 11.5 Å². The number of aliphatic carboxylic acids is 1. The molecule has 2 aliphatic carbocycles. The second-order valence-corrected chi connectivity index (χ2v) is 9.60. The average Bonchev–Trinajstić information content (AvgIpc) is 3.40. The van der Waals surface area contributed by atoms with E-state index < -0.39 is 5.97 Å². The van der Waals surface area contributed by atoms with Gasteiger partial charge in [0.1, 0.15) is 11.5 Å². The maximum absolute atomic E-state index is 10.5. The van der Waals surface area contributed by atoms with Crippen LogP contribution in [0.3, 0.4) is 0 Å². The summed E-state index contributed by atoms with van der Waals surface area (Å²) < 4.78 is 5.27. The number of aryl methyl sites for hydroxylation is 1. The van der Waals surface area contributed by atoms with Gasteiger partial charge in [-0.2, -0.15) is 0 Å². The summed E-state index contributed by atoms with van der Waals surface area (Å²) in [7, 11) is 0. The Morgan fingerprint density at radius 1 is 1.13 bits per heavy atom. The minimum atomic E-state index is -0.834. The normalized spacial score (nSPS) is 23.1. The molecule has 4 nitrogen and oxygen atoms in total. The minimum absolute atomic E-state index is 0.0672. The molecule has 5 rings (SSSR count). The third-order valence-corrected chi connectivity index (χ3v) is 7.11. The van der Waals surface area contributed by atoms with Gasteiger partial charge >= 0.3 is 5.97 Å². The molecule has 2 aromatic carbocycles. The van der Waals surface area contributed by atoms with Gasteiger partial charge in [0.05, 0.1) is 13.0 Å². The van der Waals surface area contributed by atoms with E-state index in [0.717, 1.165) is 11.5 Å². The van der Waals surface area contributed by atoms with Crippen molar-refractivity contribution in [2.24, 2.45) is 5.41 Å². The third-order valence-electron chi connectivity index (χ3n) is 7.11. The Kier molecular flexibility index (Phi) is 5.77. The van der Waals surface area contributed by atoms with E-state index >= 15 is 0 Å². The monoisotopic (exact) mass is 408 g/mol. The van der Waals surface area contributed by atoms with Gasteiger partial charge in [-0.25, -0.2) is 0 Å². The number of aromatic hydroxyl groups is 1. The Morgan fingerprint density at radius 3 is 2.70 bits per heavy atom. The van der Waals surface area contributed by atoms with Crippen LogP contribution in [0.4, 0.5) is 0 Å². The molecule has 0 spiro atoms. The summed E-state index contributed by atoms with van der Waals surface area (Å²) in [6, 6.07) is 11.8. The zero-order valence-corrected chi connectivity index (χ0v) is 18.0. The summed E-state index contributed by atoms with van der Waals surface area (Å²) in [5.41, 5.74) is 6.43. The number of ether oxygens (including phenoxy) is 1. The number of carbonyl (C=O) groups is 1. The van der Waals surface area contributed by atoms with E-state index in [-0.39, 0.29) is 18.1 Å². The number of hydrogen-bond acceptors (Lipinski definition) is 3. The molecule has 0 radical (unpaired) electrons. The molecule has 0 aromatic heterocycles. The summed E-state index contributed by atoms with van der Waals surface area (Å²) in [6.07, 6.45) is 8.32. The second kappa shape index (κ2) is 8.33. The molecule has 160 valence electrons. The number of carboxylic acids is 1. The van der Waals surface area contributed by atoms with Crippen molar-refractivity contribution in [1.82, 2.24) is 0 Å². The molecule has 0 saturated heterocycles. The van der Waals surface area contributed by atoms with E-state index in [1.54, 1.807) is 28.8 Å². The highest BCUT2D eigenvalue weighted by molar-refractivity contribution is 5.68. The molecule has 1 heterocycles. The van der Waals surface area contributed by atoms with Gasteiger partial charge in [-0.05, 0) is 66.2 Å². The SMILES string of the molecule is CC1(C)CCCC1c1cccc2c1CCC2.O=C(O)CC1COc2cc(O)ccc21. The highest BCUT2D eigenvalue weighted by Gasteiger charge is 2.37. The summed E-state index contributed by atoms with van der Waals surface area (Å²) in [5.74, 6) is 0.624. The van der Waals surface area contributed by atoms with Gasteiger partial charge in [0.25, 0.3) is 0 Å². The predicted molar refractivity (Wildman–Crippen MR) is 117 cm³/mol. The molecule has 1 saturated carbocycles. The lowest BCUT2D eigenvalue weighted by Gasteiger charge is -2.29. The van der Waals surface area contributed by atoms with Crippen molar-refractivity contribution in [2.45, 2.75) is 70.6 Å². The fraction of sp³-hybridized carbons (Fsp3) is 0.500. The minimum Gasteiger partial charge on any atom is -0.508 e. The lowest BCUT2D eigenvalue weighted by molar-refractivity contribution is -0.137. The third kappa shape index (κ3) is 4.19. The maximum Gasteiger partial charge on any atom is 0.304 e. The van der Waals surface area contributed by atoms with E-state index in [1.165, 1.54) is 44.6 Å². The van der Waals surface area contributed by atoms with Gasteiger partial charge in [-0.3, -0.25) is 4.79 Å². The van der Waals surface area contributed by atoms with E-state index in [0.29, 0.717) is 17.8 Å². The Bertz CT molecular complexity index is 931. The Morgan fingerprint density at radius 2 is 1.97 bits per heavy atom. The van der Waals surface area contributed by atoms with Crippen LogP contribution in [0.1, 0.15) is 80.0 Å². The molecular formula is C26H32O4. The first kappa shape index (κ1) is 20.8. The van der Waals surface area contributed by atoms with Gasteiger partial charge < -0.3 is 14.9 Å². The number of benzene rings is 2. The summed E-state index contributed by atoms with van der Waals surface area (Å²) in [5, 5.41) is 17.8. The molecule has 1 fully saturated rings. The Hall–Kier alpha value is -2.49. The lowest BCUT2D eigenvalue weighted by Crippen LogP contribution is -2.16. The quantitative estimate of drug-likeness (QED) is 0.672. The molecule has 2 N–H and O–H groups in total. The van der Waals surface area contributed by atoms with Crippen LogP contribution in [0.2, 0.25) is 0 Å². The number of hydrogen-bond donors (Lipinski definition) is 2. The molecule has 2 aromatic rings. The molecule has 2 atom stereocenters. The smallest absolute Gasteiger partial charge is 0.304 e. The zero-order chi connectivity index (χ0) is 21.3. The van der Waals surface area contributed by atoms with E-state index in [4.69, 9.17) is 14.9 Å². The van der Waals surface area contributed by atoms with Crippen molar-refractivity contribution in [3.8, 4) is 11.5 Å². The molecule has 2 unspecified atom stereocenters. The van der Waals surface area contributed by atoms with Crippen molar-refractivity contribution in [1.29, 1.82) is 0 Å². The number of phenolic OH excluding ortho intramolecular Hbond substituents is 1. The van der Waals surface area contributed by atoms with Crippen LogP contribution < -0.4 is 4.74 Å². The maximum atomic E-state index is 10.5. The van der Waals surface area contributed by atoms with Crippen molar-refractivity contribution >= 4 is 5.97 Å². The van der Waals surface area contributed by atoms with Crippen LogP contribution in [-0.2, 0) is 17.6 Å². The van der Waals surface area contributed by atoms with Crippen LogP contribution in [-0.4, -0.2) is 22.8 Å². The molecule has 0 amide bonds. The Balaban J connectivity index is 0.000000147. The van der Waals surface area contributed by atoms with Crippen LogP contribution in [0.25, 0.3) is 0 Å². The molecule has 4 heteroatoms. The van der Waals surface area contributed by atoms with Gasteiger partial charge in [-0.1, -0.05) is 44.5 Å². The van der Waals surface area contributed by atoms with E-state index in [2.05, 4.69) is 32.0 Å². The molecule has 0 bridgehead atoms. The lowest BCUT2D eigenvalue weighted by atomic mass is 9.76. The van der Waals surface area contributed by atoms with Crippen molar-refractivity contribution in [3.05, 3.63) is 58.7 Å². The molecule has 1 aliphatic heterocycles. The first-order valence-corrected chi connectivity index (χ1v) is 11.1. The standard InChI is InChI=1S/C16H22.C10H10O4/c1-16(2)11-5-10-15(16)14-9-4-7-12-6-3-8-13(12)14;11-7-1-2-8-6(3-10(12)13)5-14-9(8)4-7/h4,7,9,15H,3,5-6,8,10-11H2,1-2H3;1-2,4,6,11H,3,5H2,(H,12,13). The zero-order valence-electron chi connectivity index (χ0n) is 18.0. The average molecular weight is 409 g/mol. The van der Waals surface area contributed by atoms with Gasteiger partial charge in [0.15, 0.2) is 0 Å². The predicted octanol–water partition coefficient (Wildman–Crippen LogP) is 5.81. The van der Waals surface area contributed by atoms with Gasteiger partial charge in [0, 0.05) is 17.5 Å². The highest BCUT2D eigenvalue weighted by atomic mass is 16.5. The van der Waals surface area contributed by atoms with Crippen LogP contribution in [0.15, 0.2) is 36.4 Å². The van der Waals surface area contributed by atoms with E-state index in [9.17, 15) is 4.79 Å². The molecule has 30 heavy (non-hydrogen) atoms. The van der Waals surface area contributed by atoms with E-state index in [1.807, 2.05) is 0 Å². The van der Waals surface area contributed by atoms with Crippen LogP contribution >= 0.6 is 0 Å². The number of phenols is 1. The topological polar surface area (TPSA) is 66.8 Å². The van der Waals surface area contributed by atoms with Crippen molar-refractivity contribution in [3.63, 3.8) is 0 Å². The second-order valence-electron chi connectivity index (χ2n) is 9.60. The van der Waals surface area contributed by atoms with Gasteiger partial charge in [-0.15, -0.1) is 0 Å². The summed E-state index contributed by atoms with van der Waals surface area (Å²) >= 11 is 0. The summed E-state index contributed by atoms with van der Waals surface area (Å²) in [6.45, 7) is 5.29. The van der Waals surface area contributed by atoms with Gasteiger partial charge in [0.2, 0.25) is 0 Å². The highest BCUT2D eigenvalue weighted by Crippen LogP contribution is 2.50. The first-order valence-electron chi connectivity index (χ1n) is 11.1. The molecule has 3 aliphatic rings. The number of fused-ring (bicyclic) bond motifs is 2. The van der Waals surface area contributed by atoms with Crippen molar-refractivity contribution in [2.75, 3.05) is 6.61 Å². The van der Waals surface area contributed by atoms with Crippen LogP contribution in [0, 0.1) is 5.41 Å². The summed E-state index contributed by atoms with van der Waals surface area (Å²) in [4.78, 5) is 10.5.